The number of aromatic nitrogens is 2. The lowest BCUT2D eigenvalue weighted by Crippen LogP contribution is -1.84. The summed E-state index contributed by atoms with van der Waals surface area (Å²) in [5.74, 6) is 0.000239. The first-order chi connectivity index (χ1) is 7.81. The van der Waals surface area contributed by atoms with Crippen molar-refractivity contribution in [2.75, 3.05) is 6.61 Å². The van der Waals surface area contributed by atoms with Crippen LogP contribution in [0.5, 0.6) is 0 Å². The van der Waals surface area contributed by atoms with E-state index in [9.17, 15) is 4.39 Å². The Balaban J connectivity index is 2.26. The molecule has 1 N–H and O–H groups in total. The van der Waals surface area contributed by atoms with Crippen LogP contribution >= 0.6 is 0 Å². The van der Waals surface area contributed by atoms with E-state index in [1.807, 2.05) is 0 Å². The Morgan fingerprint density at radius 1 is 1.38 bits per heavy atom. The summed E-state index contributed by atoms with van der Waals surface area (Å²) in [5, 5.41) is 12.2. The quantitative estimate of drug-likeness (QED) is 0.859. The largest absolute Gasteiger partial charge is 0.392 e. The van der Waals surface area contributed by atoms with Crippen molar-refractivity contribution in [3.05, 3.63) is 42.3 Å². The Morgan fingerprint density at radius 3 is 2.69 bits per heavy atom. The highest BCUT2D eigenvalue weighted by Gasteiger charge is 2.04. The maximum Gasteiger partial charge on any atom is 0.214 e. The van der Waals surface area contributed by atoms with E-state index < -0.39 is 5.83 Å². The van der Waals surface area contributed by atoms with Crippen LogP contribution < -0.4 is 0 Å². The Morgan fingerprint density at radius 2 is 2.12 bits per heavy atom. The lowest BCUT2D eigenvalue weighted by Gasteiger charge is -1.98. The molecule has 5 heteroatoms. The summed E-state index contributed by atoms with van der Waals surface area (Å²) in [6, 6.07) is 6.55. The summed E-state index contributed by atoms with van der Waals surface area (Å²) in [4.78, 5) is 3.87. The minimum atomic E-state index is -0.456. The minimum Gasteiger partial charge on any atom is -0.392 e. The van der Waals surface area contributed by atoms with Crippen LogP contribution in [0.3, 0.4) is 0 Å². The van der Waals surface area contributed by atoms with Gasteiger partial charge in [0, 0.05) is 11.1 Å². The first-order valence-corrected chi connectivity index (χ1v) is 4.65. The van der Waals surface area contributed by atoms with Crippen LogP contribution in [0.2, 0.25) is 0 Å². The molecule has 1 heterocycles. The topological polar surface area (TPSA) is 59.2 Å². The van der Waals surface area contributed by atoms with E-state index in [4.69, 9.17) is 5.11 Å². The molecule has 0 saturated heterocycles. The average Bonchev–Trinajstić information content (AvgIpc) is 2.83. The van der Waals surface area contributed by atoms with Gasteiger partial charge in [0.15, 0.2) is 0 Å². The monoisotopic (exact) mass is 220 g/mol. The number of aliphatic hydroxyl groups is 1. The van der Waals surface area contributed by atoms with E-state index in [-0.39, 0.29) is 6.61 Å². The third kappa shape index (κ3) is 2.14. The van der Waals surface area contributed by atoms with Crippen LogP contribution in [0.4, 0.5) is 4.39 Å². The van der Waals surface area contributed by atoms with Crippen LogP contribution in [0.15, 0.2) is 41.3 Å². The zero-order chi connectivity index (χ0) is 11.4. The Hall–Kier alpha value is -2.01. The molecule has 0 aliphatic heterocycles. The van der Waals surface area contributed by atoms with Crippen molar-refractivity contribution in [3.63, 3.8) is 0 Å². The van der Waals surface area contributed by atoms with Gasteiger partial charge in [-0.15, -0.1) is 0 Å². The molecule has 0 amide bonds. The summed E-state index contributed by atoms with van der Waals surface area (Å²) in [5.41, 5.74) is 1.15. The number of hydrogen-bond donors (Lipinski definition) is 1. The number of aliphatic hydroxyl groups excluding tert-OH is 1. The Labute approximate surface area is 91.0 Å². The van der Waals surface area contributed by atoms with Gasteiger partial charge in [0.25, 0.3) is 0 Å². The number of halogens is 1. The number of hydrogen-bond acceptors (Lipinski definition) is 4. The van der Waals surface area contributed by atoms with E-state index in [0.717, 1.165) is 11.6 Å². The first kappa shape index (κ1) is 10.5. The van der Waals surface area contributed by atoms with Gasteiger partial charge in [-0.2, -0.15) is 4.98 Å². The maximum absolute atomic E-state index is 13.3. The fourth-order valence-electron chi connectivity index (χ4n) is 1.27. The van der Waals surface area contributed by atoms with Crippen LogP contribution in [-0.4, -0.2) is 21.9 Å². The normalized spacial score (nSPS) is 11.8. The first-order valence-electron chi connectivity index (χ1n) is 4.65. The summed E-state index contributed by atoms with van der Waals surface area (Å²) in [6.45, 7) is -0.321. The predicted octanol–water partition coefficient (Wildman–Crippen LogP) is 2.04. The zero-order valence-electron chi connectivity index (χ0n) is 8.30. The van der Waals surface area contributed by atoms with Crippen molar-refractivity contribution < 1.29 is 14.0 Å². The molecule has 0 unspecified atom stereocenters. The molecule has 1 aromatic carbocycles. The van der Waals surface area contributed by atoms with Crippen LogP contribution in [-0.2, 0) is 0 Å². The molecule has 1 aromatic heterocycles. The summed E-state index contributed by atoms with van der Waals surface area (Å²) in [7, 11) is 0. The van der Waals surface area contributed by atoms with Gasteiger partial charge in [0.1, 0.15) is 5.83 Å². The van der Waals surface area contributed by atoms with Crippen molar-refractivity contribution in [1.29, 1.82) is 0 Å². The fraction of sp³-hybridized carbons (Fsp3) is 0.0909. The smallest absolute Gasteiger partial charge is 0.214 e. The highest BCUT2D eigenvalue weighted by atomic mass is 19.1. The molecular formula is C11H9FN2O2. The third-order valence-electron chi connectivity index (χ3n) is 2.05. The van der Waals surface area contributed by atoms with Crippen molar-refractivity contribution in [2.24, 2.45) is 0 Å². The van der Waals surface area contributed by atoms with Gasteiger partial charge in [-0.1, -0.05) is 29.4 Å². The van der Waals surface area contributed by atoms with E-state index in [1.54, 1.807) is 24.3 Å². The van der Waals surface area contributed by atoms with E-state index >= 15 is 0 Å². The van der Waals surface area contributed by atoms with E-state index in [2.05, 4.69) is 14.7 Å². The van der Waals surface area contributed by atoms with Gasteiger partial charge < -0.3 is 9.63 Å². The number of rotatable bonds is 3. The molecule has 0 saturated carbocycles. The van der Waals surface area contributed by atoms with Gasteiger partial charge in [0.2, 0.25) is 12.2 Å². The van der Waals surface area contributed by atoms with Gasteiger partial charge in [-0.25, -0.2) is 4.39 Å². The standard InChI is InChI=1S/C11H9FN2O2/c12-10(5-6-15)8-1-3-9(4-2-8)11-13-7-16-14-11/h1-5,7,15H,6H2/b10-5-. The molecule has 2 aromatic rings. The van der Waals surface area contributed by atoms with Crippen molar-refractivity contribution in [2.45, 2.75) is 0 Å². The van der Waals surface area contributed by atoms with Crippen LogP contribution in [0.25, 0.3) is 17.2 Å². The molecule has 0 radical (unpaired) electrons. The summed E-state index contributed by atoms with van der Waals surface area (Å²) in [6.07, 6.45) is 2.33. The minimum absolute atomic E-state index is 0.321. The summed E-state index contributed by atoms with van der Waals surface area (Å²) < 4.78 is 17.9. The maximum atomic E-state index is 13.3. The highest BCUT2D eigenvalue weighted by molar-refractivity contribution is 5.63. The van der Waals surface area contributed by atoms with E-state index in [1.165, 1.54) is 6.39 Å². The van der Waals surface area contributed by atoms with Crippen LogP contribution in [0, 0.1) is 0 Å². The van der Waals surface area contributed by atoms with Gasteiger partial charge in [-0.05, 0) is 6.08 Å². The summed E-state index contributed by atoms with van der Waals surface area (Å²) >= 11 is 0. The van der Waals surface area contributed by atoms with Crippen molar-refractivity contribution in [1.82, 2.24) is 10.1 Å². The third-order valence-corrected chi connectivity index (χ3v) is 2.05. The molecule has 2 rings (SSSR count). The van der Waals surface area contributed by atoms with Crippen LogP contribution in [0.1, 0.15) is 5.56 Å². The van der Waals surface area contributed by atoms with Crippen molar-refractivity contribution >= 4 is 5.83 Å². The Kier molecular flexibility index (Phi) is 3.07. The Bertz CT molecular complexity index is 477. The zero-order valence-corrected chi connectivity index (χ0v) is 8.30. The lowest BCUT2D eigenvalue weighted by atomic mass is 10.1. The number of nitrogens with zero attached hydrogens (tertiary/aromatic N) is 2. The van der Waals surface area contributed by atoms with Gasteiger partial charge in [0.05, 0.1) is 6.61 Å². The molecule has 0 fully saturated rings. The van der Waals surface area contributed by atoms with Gasteiger partial charge in [-0.3, -0.25) is 0 Å². The molecule has 4 nitrogen and oxygen atoms in total. The lowest BCUT2D eigenvalue weighted by molar-refractivity contribution is 0.342. The second kappa shape index (κ2) is 4.67. The van der Waals surface area contributed by atoms with Gasteiger partial charge >= 0.3 is 0 Å². The molecule has 16 heavy (non-hydrogen) atoms. The molecule has 0 aliphatic carbocycles. The van der Waals surface area contributed by atoms with E-state index in [0.29, 0.717) is 11.4 Å². The van der Waals surface area contributed by atoms with Crippen molar-refractivity contribution in [3.8, 4) is 11.4 Å². The molecular weight excluding hydrogens is 211 g/mol. The predicted molar refractivity (Wildman–Crippen MR) is 55.9 cm³/mol. The second-order valence-corrected chi connectivity index (χ2v) is 3.07. The fourth-order valence-corrected chi connectivity index (χ4v) is 1.27. The molecule has 0 spiro atoms. The molecule has 82 valence electrons. The average molecular weight is 220 g/mol. The SMILES string of the molecule is OC/C=C(\F)c1ccc(-c2ncon2)cc1. The highest BCUT2D eigenvalue weighted by Crippen LogP contribution is 2.20. The molecule has 0 bridgehead atoms. The number of benzene rings is 1. The second-order valence-electron chi connectivity index (χ2n) is 3.07. The molecule has 0 aliphatic rings. The molecule has 0 atom stereocenters.